The Bertz CT molecular complexity index is 967. The van der Waals surface area contributed by atoms with Crippen LogP contribution in [-0.2, 0) is 4.79 Å². The maximum Gasteiger partial charge on any atom is 0.269 e. The second-order valence-corrected chi connectivity index (χ2v) is 6.51. The summed E-state index contributed by atoms with van der Waals surface area (Å²) in [6.07, 6.45) is 5.09. The number of amides is 1. The summed E-state index contributed by atoms with van der Waals surface area (Å²) in [6.45, 7) is 2.17. The fraction of sp³-hybridized carbons (Fsp3) is 0.182. The van der Waals surface area contributed by atoms with Crippen LogP contribution in [0.3, 0.4) is 0 Å². The predicted octanol–water partition coefficient (Wildman–Crippen LogP) is 3.41. The molecule has 0 spiro atoms. The van der Waals surface area contributed by atoms with Crippen molar-refractivity contribution in [3.05, 3.63) is 88.0 Å². The summed E-state index contributed by atoms with van der Waals surface area (Å²) in [5.41, 5.74) is 2.02. The monoisotopic (exact) mass is 388 g/mol. The van der Waals surface area contributed by atoms with Crippen molar-refractivity contribution in [3.63, 3.8) is 0 Å². The lowest BCUT2D eigenvalue weighted by Gasteiger charge is -2.36. The van der Waals surface area contributed by atoms with Crippen LogP contribution in [0.15, 0.2) is 72.3 Å². The molecule has 2 aromatic rings. The normalized spacial score (nSPS) is 14.7. The number of non-ortho nitro benzene ring substituents is 1. The highest BCUT2D eigenvalue weighted by molar-refractivity contribution is 5.97. The minimum atomic E-state index is -0.428. The Morgan fingerprint density at radius 2 is 1.69 bits per heavy atom. The molecule has 1 aliphatic heterocycles. The standard InChI is InChI=1S/C22H20N4O3/c23-17-19(8-4-7-18-5-2-1-3-6-18)22(27)25-15-13-24(14-16-25)20-9-11-21(12-10-20)26(28)29/h1-12H,13-16H2/b7-4+,19-8+. The van der Waals surface area contributed by atoms with Crippen LogP contribution in [0.25, 0.3) is 6.08 Å². The third-order valence-corrected chi connectivity index (χ3v) is 4.69. The van der Waals surface area contributed by atoms with Crippen LogP contribution < -0.4 is 4.90 Å². The fourth-order valence-electron chi connectivity index (χ4n) is 3.10. The number of anilines is 1. The van der Waals surface area contributed by atoms with Gasteiger partial charge in [0.05, 0.1) is 4.92 Å². The summed E-state index contributed by atoms with van der Waals surface area (Å²) in [7, 11) is 0. The highest BCUT2D eigenvalue weighted by Crippen LogP contribution is 2.21. The molecule has 0 bridgehead atoms. The van der Waals surface area contributed by atoms with Crippen molar-refractivity contribution in [3.8, 4) is 6.07 Å². The number of nitro benzene ring substituents is 1. The first-order valence-corrected chi connectivity index (χ1v) is 9.20. The van der Waals surface area contributed by atoms with Gasteiger partial charge in [-0.3, -0.25) is 14.9 Å². The lowest BCUT2D eigenvalue weighted by molar-refractivity contribution is -0.384. The summed E-state index contributed by atoms with van der Waals surface area (Å²) >= 11 is 0. The number of nitriles is 1. The van der Waals surface area contributed by atoms with Crippen molar-refractivity contribution in [2.45, 2.75) is 0 Å². The molecule has 0 unspecified atom stereocenters. The van der Waals surface area contributed by atoms with Gasteiger partial charge in [0.15, 0.2) is 0 Å². The number of rotatable bonds is 5. The highest BCUT2D eigenvalue weighted by atomic mass is 16.6. The van der Waals surface area contributed by atoms with Gasteiger partial charge in [0.1, 0.15) is 11.6 Å². The summed E-state index contributed by atoms with van der Waals surface area (Å²) in [6, 6.07) is 18.0. The van der Waals surface area contributed by atoms with Crippen LogP contribution in [0.2, 0.25) is 0 Å². The molecule has 0 radical (unpaired) electrons. The summed E-state index contributed by atoms with van der Waals surface area (Å²) < 4.78 is 0. The van der Waals surface area contributed by atoms with Crippen LogP contribution >= 0.6 is 0 Å². The highest BCUT2D eigenvalue weighted by Gasteiger charge is 2.23. The molecule has 29 heavy (non-hydrogen) atoms. The first-order chi connectivity index (χ1) is 14.1. The van der Waals surface area contributed by atoms with Crippen molar-refractivity contribution in [1.82, 2.24) is 4.90 Å². The van der Waals surface area contributed by atoms with E-state index in [1.54, 1.807) is 23.1 Å². The van der Waals surface area contributed by atoms with Gasteiger partial charge in [0, 0.05) is 44.0 Å². The summed E-state index contributed by atoms with van der Waals surface area (Å²) in [5.74, 6) is -0.284. The Balaban J connectivity index is 1.59. The van der Waals surface area contributed by atoms with Gasteiger partial charge in [-0.05, 0) is 23.8 Å². The lowest BCUT2D eigenvalue weighted by Crippen LogP contribution is -2.49. The van der Waals surface area contributed by atoms with Gasteiger partial charge in [0.2, 0.25) is 0 Å². The maximum atomic E-state index is 12.6. The molecule has 0 aromatic heterocycles. The third kappa shape index (κ3) is 5.08. The summed E-state index contributed by atoms with van der Waals surface area (Å²) in [4.78, 5) is 26.7. The predicted molar refractivity (Wildman–Crippen MR) is 111 cm³/mol. The SMILES string of the molecule is N#C/C(=C\C=C\c1ccccc1)C(=O)N1CCN(c2ccc([N+](=O)[O-])cc2)CC1. The molecule has 7 heteroatoms. The van der Waals surface area contributed by atoms with Crippen LogP contribution in [0.4, 0.5) is 11.4 Å². The zero-order valence-electron chi connectivity index (χ0n) is 15.8. The number of nitrogens with zero attached hydrogens (tertiary/aromatic N) is 4. The Hall–Kier alpha value is -3.92. The fourth-order valence-corrected chi connectivity index (χ4v) is 3.10. The Kier molecular flexibility index (Phi) is 6.38. The topological polar surface area (TPSA) is 90.5 Å². The molecule has 3 rings (SSSR count). The minimum Gasteiger partial charge on any atom is -0.368 e. The third-order valence-electron chi connectivity index (χ3n) is 4.69. The molecular formula is C22H20N4O3. The number of carbonyl (C=O) groups is 1. The Labute approximate surface area is 168 Å². The van der Waals surface area contributed by atoms with Gasteiger partial charge >= 0.3 is 0 Å². The van der Waals surface area contributed by atoms with Gasteiger partial charge in [-0.25, -0.2) is 0 Å². The largest absolute Gasteiger partial charge is 0.368 e. The van der Waals surface area contributed by atoms with Crippen LogP contribution in [0, 0.1) is 21.4 Å². The van der Waals surface area contributed by atoms with E-state index in [2.05, 4.69) is 4.90 Å². The van der Waals surface area contributed by atoms with Crippen molar-refractivity contribution < 1.29 is 9.72 Å². The average Bonchev–Trinajstić information content (AvgIpc) is 2.77. The molecule has 0 saturated carbocycles. The molecule has 0 atom stereocenters. The van der Waals surface area contributed by atoms with Crippen LogP contribution in [-0.4, -0.2) is 41.9 Å². The van der Waals surface area contributed by atoms with E-state index in [1.807, 2.05) is 42.5 Å². The van der Waals surface area contributed by atoms with Gasteiger partial charge in [0.25, 0.3) is 11.6 Å². The Morgan fingerprint density at radius 3 is 2.28 bits per heavy atom. The molecule has 0 aliphatic carbocycles. The van der Waals surface area contributed by atoms with E-state index in [4.69, 9.17) is 0 Å². The van der Waals surface area contributed by atoms with Crippen molar-refractivity contribution in [2.75, 3.05) is 31.1 Å². The quantitative estimate of drug-likeness (QED) is 0.257. The van der Waals surface area contributed by atoms with E-state index in [1.165, 1.54) is 18.2 Å². The van der Waals surface area contributed by atoms with E-state index in [9.17, 15) is 20.2 Å². The Morgan fingerprint density at radius 1 is 1.03 bits per heavy atom. The average molecular weight is 388 g/mol. The molecule has 1 aliphatic rings. The number of hydrogen-bond donors (Lipinski definition) is 0. The van der Waals surface area contributed by atoms with E-state index < -0.39 is 4.92 Å². The van der Waals surface area contributed by atoms with E-state index >= 15 is 0 Å². The number of carbonyl (C=O) groups excluding carboxylic acids is 1. The molecule has 1 heterocycles. The number of benzene rings is 2. The van der Waals surface area contributed by atoms with Crippen molar-refractivity contribution >= 4 is 23.4 Å². The lowest BCUT2D eigenvalue weighted by atomic mass is 10.1. The summed E-state index contributed by atoms with van der Waals surface area (Å²) in [5, 5.41) is 20.1. The van der Waals surface area contributed by atoms with Gasteiger partial charge in [-0.2, -0.15) is 5.26 Å². The van der Waals surface area contributed by atoms with Gasteiger partial charge in [-0.15, -0.1) is 0 Å². The molecule has 7 nitrogen and oxygen atoms in total. The molecule has 1 saturated heterocycles. The molecule has 1 fully saturated rings. The number of nitro groups is 1. The zero-order valence-corrected chi connectivity index (χ0v) is 15.8. The first kappa shape index (κ1) is 19.8. The van der Waals surface area contributed by atoms with Crippen molar-refractivity contribution in [1.29, 1.82) is 5.26 Å². The smallest absolute Gasteiger partial charge is 0.269 e. The van der Waals surface area contributed by atoms with Crippen molar-refractivity contribution in [2.24, 2.45) is 0 Å². The van der Waals surface area contributed by atoms with E-state index in [0.29, 0.717) is 26.2 Å². The molecule has 1 amide bonds. The van der Waals surface area contributed by atoms with Gasteiger partial charge < -0.3 is 9.80 Å². The van der Waals surface area contributed by atoms with Crippen LogP contribution in [0.5, 0.6) is 0 Å². The first-order valence-electron chi connectivity index (χ1n) is 9.20. The minimum absolute atomic E-state index is 0.0509. The van der Waals surface area contributed by atoms with Gasteiger partial charge in [-0.1, -0.05) is 42.5 Å². The number of allylic oxidation sites excluding steroid dienone is 2. The van der Waals surface area contributed by atoms with Crippen LogP contribution in [0.1, 0.15) is 5.56 Å². The molecule has 2 aromatic carbocycles. The number of piperazine rings is 1. The second-order valence-electron chi connectivity index (χ2n) is 6.51. The van der Waals surface area contributed by atoms with E-state index in [0.717, 1.165) is 11.3 Å². The maximum absolute atomic E-state index is 12.6. The number of hydrogen-bond acceptors (Lipinski definition) is 5. The molecule has 146 valence electrons. The second kappa shape index (κ2) is 9.33. The van der Waals surface area contributed by atoms with E-state index in [-0.39, 0.29) is 17.2 Å². The molecular weight excluding hydrogens is 368 g/mol. The molecule has 0 N–H and O–H groups in total. The zero-order chi connectivity index (χ0) is 20.6.